The molecule has 3 aromatic rings. The summed E-state index contributed by atoms with van der Waals surface area (Å²) in [5, 5.41) is 13.3. The number of anilines is 1. The number of hydrogen-bond acceptors (Lipinski definition) is 2. The van der Waals surface area contributed by atoms with Crippen LogP contribution in [0.1, 0.15) is 10.4 Å². The molecule has 1 heterocycles. The van der Waals surface area contributed by atoms with Crippen LogP contribution in [0.15, 0.2) is 48.7 Å². The van der Waals surface area contributed by atoms with E-state index in [-0.39, 0.29) is 16.7 Å². The molecule has 0 saturated carbocycles. The molecule has 3 N–H and O–H groups in total. The molecule has 0 bridgehead atoms. The second-order valence-electron chi connectivity index (χ2n) is 4.40. The third kappa shape index (κ3) is 2.33. The van der Waals surface area contributed by atoms with Gasteiger partial charge in [0.05, 0.1) is 5.02 Å². The SMILES string of the molecule is O=C(Nc1ccc(O)c(Cl)c1)c1ccc2[nH]ccc2c1. The largest absolute Gasteiger partial charge is 0.506 e. The Bertz CT molecular complexity index is 795. The first-order chi connectivity index (χ1) is 9.63. The third-order valence-corrected chi connectivity index (χ3v) is 3.32. The number of carbonyl (C=O) groups is 1. The highest BCUT2D eigenvalue weighted by Crippen LogP contribution is 2.26. The highest BCUT2D eigenvalue weighted by Gasteiger charge is 2.08. The van der Waals surface area contributed by atoms with Gasteiger partial charge in [0, 0.05) is 28.4 Å². The van der Waals surface area contributed by atoms with E-state index in [2.05, 4.69) is 10.3 Å². The van der Waals surface area contributed by atoms with E-state index >= 15 is 0 Å². The zero-order valence-corrected chi connectivity index (χ0v) is 11.1. The number of amides is 1. The van der Waals surface area contributed by atoms with Crippen LogP contribution in [0.2, 0.25) is 5.02 Å². The molecule has 0 fully saturated rings. The minimum atomic E-state index is -0.227. The number of carbonyl (C=O) groups excluding carboxylic acids is 1. The fourth-order valence-corrected chi connectivity index (χ4v) is 2.16. The molecule has 0 saturated heterocycles. The maximum absolute atomic E-state index is 12.1. The second kappa shape index (κ2) is 4.90. The molecule has 20 heavy (non-hydrogen) atoms. The Morgan fingerprint density at radius 1 is 1.15 bits per heavy atom. The van der Waals surface area contributed by atoms with Crippen molar-refractivity contribution in [2.24, 2.45) is 0 Å². The predicted octanol–water partition coefficient (Wildman–Crippen LogP) is 3.78. The molecule has 3 rings (SSSR count). The number of phenols is 1. The van der Waals surface area contributed by atoms with Gasteiger partial charge in [-0.25, -0.2) is 0 Å². The molecule has 0 atom stereocenters. The Labute approximate surface area is 120 Å². The van der Waals surface area contributed by atoms with Gasteiger partial charge in [0.2, 0.25) is 0 Å². The van der Waals surface area contributed by atoms with Crippen LogP contribution in [0.4, 0.5) is 5.69 Å². The fourth-order valence-electron chi connectivity index (χ4n) is 1.98. The molecule has 0 aliphatic rings. The van der Waals surface area contributed by atoms with Crippen molar-refractivity contribution >= 4 is 34.1 Å². The minimum absolute atomic E-state index is 0.0154. The first-order valence-corrected chi connectivity index (χ1v) is 6.38. The Balaban J connectivity index is 1.86. The van der Waals surface area contributed by atoms with Crippen LogP contribution in [0.3, 0.4) is 0 Å². The lowest BCUT2D eigenvalue weighted by atomic mass is 10.1. The van der Waals surface area contributed by atoms with Gasteiger partial charge in [-0.15, -0.1) is 0 Å². The molecule has 5 heteroatoms. The number of halogens is 1. The van der Waals surface area contributed by atoms with Gasteiger partial charge in [-0.1, -0.05) is 11.6 Å². The number of aromatic hydroxyl groups is 1. The van der Waals surface area contributed by atoms with Crippen LogP contribution in [0, 0.1) is 0 Å². The molecule has 0 aliphatic heterocycles. The molecule has 1 amide bonds. The van der Waals surface area contributed by atoms with Crippen molar-refractivity contribution in [1.29, 1.82) is 0 Å². The molecule has 0 aliphatic carbocycles. The van der Waals surface area contributed by atoms with Crippen LogP contribution in [-0.2, 0) is 0 Å². The van der Waals surface area contributed by atoms with E-state index in [1.165, 1.54) is 12.1 Å². The van der Waals surface area contributed by atoms with Gasteiger partial charge in [0.15, 0.2) is 0 Å². The standard InChI is InChI=1S/C15H11ClN2O2/c16-12-8-11(2-4-14(12)19)18-15(20)10-1-3-13-9(7-10)5-6-17-13/h1-8,17,19H,(H,18,20). The monoisotopic (exact) mass is 286 g/mol. The molecule has 0 spiro atoms. The summed E-state index contributed by atoms with van der Waals surface area (Å²) in [7, 11) is 0. The number of fused-ring (bicyclic) bond motifs is 1. The summed E-state index contributed by atoms with van der Waals surface area (Å²) < 4.78 is 0. The van der Waals surface area contributed by atoms with E-state index < -0.39 is 0 Å². The lowest BCUT2D eigenvalue weighted by molar-refractivity contribution is 0.102. The lowest BCUT2D eigenvalue weighted by Crippen LogP contribution is -2.11. The normalized spacial score (nSPS) is 10.7. The Hall–Kier alpha value is -2.46. The van der Waals surface area contributed by atoms with Crippen LogP contribution in [-0.4, -0.2) is 16.0 Å². The summed E-state index contributed by atoms with van der Waals surface area (Å²) in [6.45, 7) is 0. The number of rotatable bonds is 2. The molecule has 0 radical (unpaired) electrons. The molecule has 100 valence electrons. The zero-order valence-electron chi connectivity index (χ0n) is 10.4. The third-order valence-electron chi connectivity index (χ3n) is 3.02. The molecule has 2 aromatic carbocycles. The van der Waals surface area contributed by atoms with Gasteiger partial charge >= 0.3 is 0 Å². The second-order valence-corrected chi connectivity index (χ2v) is 4.81. The van der Waals surface area contributed by atoms with Gasteiger partial charge in [0.25, 0.3) is 5.91 Å². The number of aromatic amines is 1. The molecule has 0 unspecified atom stereocenters. The molecular formula is C15H11ClN2O2. The summed E-state index contributed by atoms with van der Waals surface area (Å²) in [4.78, 5) is 15.2. The number of aromatic nitrogens is 1. The molecule has 4 nitrogen and oxygen atoms in total. The Morgan fingerprint density at radius 2 is 2.00 bits per heavy atom. The van der Waals surface area contributed by atoms with Crippen LogP contribution < -0.4 is 5.32 Å². The van der Waals surface area contributed by atoms with Gasteiger partial charge in [-0.3, -0.25) is 4.79 Å². The van der Waals surface area contributed by atoms with Gasteiger partial charge in [0.1, 0.15) is 5.75 Å². The first-order valence-electron chi connectivity index (χ1n) is 6.00. The number of phenolic OH excluding ortho intramolecular Hbond substituents is 1. The number of benzene rings is 2. The summed E-state index contributed by atoms with van der Waals surface area (Å²) in [6, 6.07) is 11.8. The van der Waals surface area contributed by atoms with E-state index in [1.807, 2.05) is 24.4 Å². The number of hydrogen-bond donors (Lipinski definition) is 3. The van der Waals surface area contributed by atoms with Crippen molar-refractivity contribution in [2.75, 3.05) is 5.32 Å². The maximum Gasteiger partial charge on any atom is 0.255 e. The van der Waals surface area contributed by atoms with E-state index in [0.717, 1.165) is 10.9 Å². The molecule has 1 aromatic heterocycles. The van der Waals surface area contributed by atoms with Crippen LogP contribution in [0.5, 0.6) is 5.75 Å². The van der Waals surface area contributed by atoms with Gasteiger partial charge in [-0.05, 0) is 42.5 Å². The van der Waals surface area contributed by atoms with Crippen molar-refractivity contribution in [3.05, 3.63) is 59.2 Å². The van der Waals surface area contributed by atoms with Crippen LogP contribution in [0.25, 0.3) is 10.9 Å². The average Bonchev–Trinajstić information content (AvgIpc) is 2.90. The van der Waals surface area contributed by atoms with E-state index in [4.69, 9.17) is 11.6 Å². The van der Waals surface area contributed by atoms with E-state index in [9.17, 15) is 9.90 Å². The van der Waals surface area contributed by atoms with Crippen molar-refractivity contribution in [2.45, 2.75) is 0 Å². The van der Waals surface area contributed by atoms with Crippen molar-refractivity contribution in [3.8, 4) is 5.75 Å². The maximum atomic E-state index is 12.1. The van der Waals surface area contributed by atoms with E-state index in [1.54, 1.807) is 12.1 Å². The first kappa shape index (κ1) is 12.6. The van der Waals surface area contributed by atoms with Crippen LogP contribution >= 0.6 is 11.6 Å². The van der Waals surface area contributed by atoms with Crippen molar-refractivity contribution in [3.63, 3.8) is 0 Å². The summed E-state index contributed by atoms with van der Waals surface area (Å²) >= 11 is 5.80. The minimum Gasteiger partial charge on any atom is -0.506 e. The average molecular weight is 287 g/mol. The van der Waals surface area contributed by atoms with Gasteiger partial charge < -0.3 is 15.4 Å². The highest BCUT2D eigenvalue weighted by atomic mass is 35.5. The highest BCUT2D eigenvalue weighted by molar-refractivity contribution is 6.32. The van der Waals surface area contributed by atoms with Crippen molar-refractivity contribution in [1.82, 2.24) is 4.98 Å². The number of nitrogens with one attached hydrogen (secondary N) is 2. The topological polar surface area (TPSA) is 65.1 Å². The lowest BCUT2D eigenvalue weighted by Gasteiger charge is -2.06. The zero-order chi connectivity index (χ0) is 14.1. The predicted molar refractivity (Wildman–Crippen MR) is 79.4 cm³/mol. The van der Waals surface area contributed by atoms with E-state index in [0.29, 0.717) is 11.3 Å². The summed E-state index contributed by atoms with van der Waals surface area (Å²) in [6.07, 6.45) is 1.83. The summed E-state index contributed by atoms with van der Waals surface area (Å²) in [5.74, 6) is -0.242. The number of H-pyrrole nitrogens is 1. The van der Waals surface area contributed by atoms with Gasteiger partial charge in [-0.2, -0.15) is 0 Å². The quantitative estimate of drug-likeness (QED) is 0.628. The Morgan fingerprint density at radius 3 is 2.80 bits per heavy atom. The summed E-state index contributed by atoms with van der Waals surface area (Å²) in [5.41, 5.74) is 2.07. The van der Waals surface area contributed by atoms with Crippen molar-refractivity contribution < 1.29 is 9.90 Å². The smallest absolute Gasteiger partial charge is 0.255 e. The fraction of sp³-hybridized carbons (Fsp3) is 0. The molecular weight excluding hydrogens is 276 g/mol. The Kier molecular flexibility index (Phi) is 3.08.